The van der Waals surface area contributed by atoms with Crippen molar-refractivity contribution >= 4 is 17.0 Å². The van der Waals surface area contributed by atoms with E-state index in [1.54, 1.807) is 6.92 Å². The van der Waals surface area contributed by atoms with Crippen LogP contribution in [0, 0.1) is 19.3 Å². The monoisotopic (exact) mass is 599 g/mol. The molecule has 4 aromatic rings. The highest BCUT2D eigenvalue weighted by Crippen LogP contribution is 2.39. The lowest BCUT2D eigenvalue weighted by atomic mass is 9.77. The topological polar surface area (TPSA) is 95.7 Å². The number of aromatic nitrogens is 3. The quantitative estimate of drug-likeness (QED) is 0.137. The fourth-order valence-corrected chi connectivity index (χ4v) is 6.46. The Morgan fingerprint density at radius 2 is 1.84 bits per heavy atom. The molecule has 2 atom stereocenters. The summed E-state index contributed by atoms with van der Waals surface area (Å²) >= 11 is 0. The van der Waals surface area contributed by atoms with Crippen LogP contribution in [0.2, 0.25) is 0 Å². The van der Waals surface area contributed by atoms with Gasteiger partial charge in [-0.2, -0.15) is 0 Å². The molecule has 1 N–H and O–H groups in total. The van der Waals surface area contributed by atoms with Gasteiger partial charge in [-0.05, 0) is 91.8 Å². The van der Waals surface area contributed by atoms with Gasteiger partial charge in [-0.15, -0.1) is 5.10 Å². The Labute approximate surface area is 260 Å². The third-order valence-electron chi connectivity index (χ3n) is 9.12. The molecule has 0 amide bonds. The van der Waals surface area contributed by atoms with Crippen LogP contribution in [0.3, 0.4) is 0 Å². The predicted molar refractivity (Wildman–Crippen MR) is 170 cm³/mol. The number of rotatable bonds is 13. The summed E-state index contributed by atoms with van der Waals surface area (Å²) in [5.41, 5.74) is 7.84. The summed E-state index contributed by atoms with van der Waals surface area (Å²) in [6, 6.07) is 20.5. The third-order valence-corrected chi connectivity index (χ3v) is 9.12. The molecular formula is C36H45N3O5. The molecule has 8 heteroatoms. The SMILES string of the molecule is CCOC(=O)CC(c1ccc(C)c([C@H](C)O)c1)c1ccc2c(nnn2CC2(CCOCc3ccccc3)CCOCC2)c1C. The maximum Gasteiger partial charge on any atom is 0.306 e. The first-order chi connectivity index (χ1) is 21.3. The largest absolute Gasteiger partial charge is 0.466 e. The number of aryl methyl sites for hydroxylation is 2. The summed E-state index contributed by atoms with van der Waals surface area (Å²) in [6.45, 7) is 11.4. The second-order valence-corrected chi connectivity index (χ2v) is 12.1. The maximum atomic E-state index is 12.8. The van der Waals surface area contributed by atoms with Crippen molar-refractivity contribution in [3.63, 3.8) is 0 Å². The van der Waals surface area contributed by atoms with Crippen LogP contribution in [-0.4, -0.2) is 52.5 Å². The van der Waals surface area contributed by atoms with E-state index >= 15 is 0 Å². The molecule has 0 radical (unpaired) electrons. The summed E-state index contributed by atoms with van der Waals surface area (Å²) < 4.78 is 19.2. The van der Waals surface area contributed by atoms with E-state index in [9.17, 15) is 9.90 Å². The average Bonchev–Trinajstić information content (AvgIpc) is 3.43. The highest BCUT2D eigenvalue weighted by atomic mass is 16.5. The van der Waals surface area contributed by atoms with E-state index in [4.69, 9.17) is 14.2 Å². The number of carbonyl (C=O) groups excluding carboxylic acids is 1. The van der Waals surface area contributed by atoms with Gasteiger partial charge in [-0.25, -0.2) is 4.68 Å². The Bertz CT molecular complexity index is 1540. The Kier molecular flexibility index (Phi) is 10.5. The van der Waals surface area contributed by atoms with E-state index < -0.39 is 6.10 Å². The summed E-state index contributed by atoms with van der Waals surface area (Å²) in [4.78, 5) is 12.8. The van der Waals surface area contributed by atoms with Crippen molar-refractivity contribution < 1.29 is 24.1 Å². The predicted octanol–water partition coefficient (Wildman–Crippen LogP) is 6.59. The van der Waals surface area contributed by atoms with Crippen LogP contribution in [0.4, 0.5) is 0 Å². The molecule has 0 aliphatic carbocycles. The van der Waals surface area contributed by atoms with Gasteiger partial charge in [0.2, 0.25) is 0 Å². The first kappa shape index (κ1) is 31.8. The highest BCUT2D eigenvalue weighted by molar-refractivity contribution is 5.80. The van der Waals surface area contributed by atoms with Crippen LogP contribution in [0.15, 0.2) is 60.7 Å². The maximum absolute atomic E-state index is 12.8. The van der Waals surface area contributed by atoms with Gasteiger partial charge >= 0.3 is 5.97 Å². The summed E-state index contributed by atoms with van der Waals surface area (Å²) in [6.07, 6.45) is 2.40. The molecule has 0 spiro atoms. The van der Waals surface area contributed by atoms with Crippen LogP contribution < -0.4 is 0 Å². The number of fused-ring (bicyclic) bond motifs is 1. The number of esters is 1. The van der Waals surface area contributed by atoms with E-state index in [0.29, 0.717) is 19.8 Å². The van der Waals surface area contributed by atoms with Crippen LogP contribution >= 0.6 is 0 Å². The van der Waals surface area contributed by atoms with E-state index in [1.165, 1.54) is 5.56 Å². The van der Waals surface area contributed by atoms with Gasteiger partial charge in [0.05, 0.1) is 31.3 Å². The van der Waals surface area contributed by atoms with Crippen molar-refractivity contribution in [3.05, 3.63) is 94.0 Å². The molecule has 0 saturated carbocycles. The number of hydrogen-bond acceptors (Lipinski definition) is 7. The van der Waals surface area contributed by atoms with Gasteiger partial charge in [0.1, 0.15) is 5.52 Å². The fraction of sp³-hybridized carbons (Fsp3) is 0.472. The molecular weight excluding hydrogens is 554 g/mol. The van der Waals surface area contributed by atoms with Crippen LogP contribution in [0.1, 0.15) is 84.9 Å². The lowest BCUT2D eigenvalue weighted by Crippen LogP contribution is -2.35. The zero-order valence-electron chi connectivity index (χ0n) is 26.4. The summed E-state index contributed by atoms with van der Waals surface area (Å²) in [5, 5.41) is 19.7. The van der Waals surface area contributed by atoms with Gasteiger partial charge in [0.15, 0.2) is 0 Å². The van der Waals surface area contributed by atoms with Crippen molar-refractivity contribution in [1.29, 1.82) is 0 Å². The van der Waals surface area contributed by atoms with Crippen molar-refractivity contribution in [2.45, 2.75) is 78.6 Å². The van der Waals surface area contributed by atoms with Gasteiger partial charge < -0.3 is 19.3 Å². The Morgan fingerprint density at radius 1 is 1.07 bits per heavy atom. The fourth-order valence-electron chi connectivity index (χ4n) is 6.46. The normalized spacial score (nSPS) is 16.1. The van der Waals surface area contributed by atoms with E-state index in [-0.39, 0.29) is 23.7 Å². The Balaban J connectivity index is 1.41. The second-order valence-electron chi connectivity index (χ2n) is 12.1. The van der Waals surface area contributed by atoms with Crippen molar-refractivity contribution in [2.24, 2.45) is 5.41 Å². The summed E-state index contributed by atoms with van der Waals surface area (Å²) in [5.74, 6) is -0.499. The van der Waals surface area contributed by atoms with E-state index in [1.807, 2.05) is 54.9 Å². The van der Waals surface area contributed by atoms with Gasteiger partial charge in [-0.1, -0.05) is 59.8 Å². The smallest absolute Gasteiger partial charge is 0.306 e. The molecule has 1 unspecified atom stereocenters. The molecule has 1 aliphatic heterocycles. The van der Waals surface area contributed by atoms with Gasteiger partial charge in [0.25, 0.3) is 0 Å². The molecule has 1 aliphatic rings. The molecule has 1 saturated heterocycles. The van der Waals surface area contributed by atoms with E-state index in [2.05, 4.69) is 41.5 Å². The third kappa shape index (κ3) is 7.37. The lowest BCUT2D eigenvalue weighted by molar-refractivity contribution is -0.143. The standard InChI is InChI=1S/C36H45N3O5/c1-5-44-34(41)22-32(29-12-11-25(2)31(21-29)27(4)40)30-13-14-33-35(26(30)3)37-38-39(33)24-36(15-18-42-19-16-36)17-20-43-23-28-9-7-6-8-10-28/h6-14,21,27,32,40H,5,15-20,22-24H2,1-4H3/t27-,32?/m0/s1. The number of hydrogen-bond donors (Lipinski definition) is 1. The zero-order valence-corrected chi connectivity index (χ0v) is 26.4. The number of aliphatic hydroxyl groups excluding tert-OH is 1. The molecule has 1 fully saturated rings. The highest BCUT2D eigenvalue weighted by Gasteiger charge is 2.34. The van der Waals surface area contributed by atoms with Crippen molar-refractivity contribution in [3.8, 4) is 0 Å². The average molecular weight is 600 g/mol. The van der Waals surface area contributed by atoms with Crippen molar-refractivity contribution in [1.82, 2.24) is 15.0 Å². The first-order valence-electron chi connectivity index (χ1n) is 15.8. The number of benzene rings is 3. The Morgan fingerprint density at radius 3 is 2.57 bits per heavy atom. The number of carbonyl (C=O) groups is 1. The van der Waals surface area contributed by atoms with Crippen LogP contribution in [0.5, 0.6) is 0 Å². The van der Waals surface area contributed by atoms with Crippen LogP contribution in [0.25, 0.3) is 11.0 Å². The minimum absolute atomic E-state index is 0.00781. The van der Waals surface area contributed by atoms with Crippen LogP contribution in [-0.2, 0) is 32.2 Å². The molecule has 3 aromatic carbocycles. The first-order valence-corrected chi connectivity index (χ1v) is 15.8. The zero-order chi connectivity index (χ0) is 31.1. The summed E-state index contributed by atoms with van der Waals surface area (Å²) in [7, 11) is 0. The molecule has 44 heavy (non-hydrogen) atoms. The molecule has 0 bridgehead atoms. The molecule has 2 heterocycles. The second kappa shape index (κ2) is 14.5. The molecule has 5 rings (SSSR count). The lowest BCUT2D eigenvalue weighted by Gasteiger charge is -2.37. The molecule has 1 aromatic heterocycles. The van der Waals surface area contributed by atoms with E-state index in [0.717, 1.165) is 77.9 Å². The minimum atomic E-state index is -0.608. The van der Waals surface area contributed by atoms with Gasteiger partial charge in [0, 0.05) is 32.3 Å². The number of ether oxygens (including phenoxy) is 3. The number of nitrogens with zero attached hydrogens (tertiary/aromatic N) is 3. The molecule has 234 valence electrons. The Hall–Kier alpha value is -3.59. The number of aliphatic hydroxyl groups is 1. The van der Waals surface area contributed by atoms with Gasteiger partial charge in [-0.3, -0.25) is 4.79 Å². The molecule has 8 nitrogen and oxygen atoms in total. The van der Waals surface area contributed by atoms with Crippen molar-refractivity contribution in [2.75, 3.05) is 26.4 Å². The minimum Gasteiger partial charge on any atom is -0.466 e.